The molecule has 2 fully saturated rings. The van der Waals surface area contributed by atoms with Crippen LogP contribution in [0.4, 0.5) is 0 Å². The van der Waals surface area contributed by atoms with E-state index in [1.54, 1.807) is 0 Å². The van der Waals surface area contributed by atoms with Gasteiger partial charge in [0.1, 0.15) is 0 Å². The number of hydrogen-bond donors (Lipinski definition) is 0. The molecule has 0 N–H and O–H groups in total. The minimum absolute atomic E-state index is 0.186. The zero-order valence-corrected chi connectivity index (χ0v) is 22.4. The van der Waals surface area contributed by atoms with Gasteiger partial charge in [-0.15, -0.1) is 0 Å². The molecule has 0 amide bonds. The fourth-order valence-corrected chi connectivity index (χ4v) is 7.62. The van der Waals surface area contributed by atoms with Crippen molar-refractivity contribution in [1.82, 2.24) is 8.61 Å². The van der Waals surface area contributed by atoms with E-state index in [0.29, 0.717) is 23.5 Å². The van der Waals surface area contributed by atoms with Crippen molar-refractivity contribution in [2.24, 2.45) is 17.3 Å². The summed E-state index contributed by atoms with van der Waals surface area (Å²) in [7, 11) is -0.280. The summed E-state index contributed by atoms with van der Waals surface area (Å²) in [6, 6.07) is 3.75. The van der Waals surface area contributed by atoms with Gasteiger partial charge in [-0.25, -0.2) is 0 Å². The summed E-state index contributed by atoms with van der Waals surface area (Å²) in [4.78, 5) is 0. The number of benzene rings is 1. The van der Waals surface area contributed by atoms with E-state index in [1.165, 1.54) is 40.9 Å². The van der Waals surface area contributed by atoms with Gasteiger partial charge in [-0.3, -0.25) is 4.18 Å². The zero-order chi connectivity index (χ0) is 25.1. The molecule has 3 aliphatic carbocycles. The summed E-state index contributed by atoms with van der Waals surface area (Å²) in [5.41, 5.74) is 2.10. The number of fused-ring (bicyclic) bond motifs is 5. The van der Waals surface area contributed by atoms with Crippen LogP contribution in [0, 0.1) is 17.3 Å². The first kappa shape index (κ1) is 25.7. The molecule has 11 heteroatoms. The summed E-state index contributed by atoms with van der Waals surface area (Å²) in [6.07, 6.45) is 4.95. The quantitative estimate of drug-likeness (QED) is 0.549. The molecule has 0 bridgehead atoms. The maximum Gasteiger partial charge on any atom is 0.384 e. The van der Waals surface area contributed by atoms with Crippen molar-refractivity contribution in [1.29, 1.82) is 0 Å². The van der Waals surface area contributed by atoms with E-state index in [9.17, 15) is 16.8 Å². The fourth-order valence-electron chi connectivity index (χ4n) is 6.33. The second-order valence-electron chi connectivity index (χ2n) is 10.4. The SMILES string of the molecule is COc1cc2c(cc1OS(=O)(=O)N(C)C)CC[C@@H]1[C@@H]2CC[C@]2(C)[C@@H](OS(=O)(=O)N(C)C)CC[C@@H]12. The summed E-state index contributed by atoms with van der Waals surface area (Å²) in [6.45, 7) is 2.19. The molecule has 192 valence electrons. The van der Waals surface area contributed by atoms with Crippen LogP contribution in [-0.4, -0.2) is 66.9 Å². The van der Waals surface area contributed by atoms with Crippen molar-refractivity contribution in [2.75, 3.05) is 35.3 Å². The van der Waals surface area contributed by atoms with Crippen molar-refractivity contribution in [2.45, 2.75) is 57.5 Å². The van der Waals surface area contributed by atoms with E-state index < -0.39 is 20.6 Å². The summed E-state index contributed by atoms with van der Waals surface area (Å²) in [5, 5.41) is 0. The summed E-state index contributed by atoms with van der Waals surface area (Å²) < 4.78 is 68.2. The Kier molecular flexibility index (Phi) is 6.74. The average Bonchev–Trinajstić information content (AvgIpc) is 3.08. The van der Waals surface area contributed by atoms with Gasteiger partial charge in [0.15, 0.2) is 11.5 Å². The Morgan fingerprint density at radius 1 is 0.912 bits per heavy atom. The van der Waals surface area contributed by atoms with Gasteiger partial charge in [-0.1, -0.05) is 6.92 Å². The number of hydrogen-bond acceptors (Lipinski definition) is 7. The highest BCUT2D eigenvalue weighted by Gasteiger charge is 2.56. The zero-order valence-electron chi connectivity index (χ0n) is 20.8. The third-order valence-corrected chi connectivity index (χ3v) is 10.9. The van der Waals surface area contributed by atoms with E-state index in [0.717, 1.165) is 52.7 Å². The van der Waals surface area contributed by atoms with Gasteiger partial charge in [0.25, 0.3) is 0 Å². The van der Waals surface area contributed by atoms with Crippen molar-refractivity contribution < 1.29 is 29.9 Å². The van der Waals surface area contributed by atoms with Crippen LogP contribution in [0.1, 0.15) is 56.1 Å². The largest absolute Gasteiger partial charge is 0.493 e. The second kappa shape index (κ2) is 8.92. The predicted molar refractivity (Wildman–Crippen MR) is 128 cm³/mol. The van der Waals surface area contributed by atoms with E-state index >= 15 is 0 Å². The van der Waals surface area contributed by atoms with E-state index in [-0.39, 0.29) is 17.3 Å². The monoisotopic (exact) mass is 516 g/mol. The highest BCUT2D eigenvalue weighted by Crippen LogP contribution is 2.62. The topological polar surface area (TPSA) is 102 Å². The molecule has 0 unspecified atom stereocenters. The number of nitrogens with zero attached hydrogens (tertiary/aromatic N) is 2. The lowest BCUT2D eigenvalue weighted by Crippen LogP contribution is -2.46. The Balaban J connectivity index is 1.61. The van der Waals surface area contributed by atoms with Gasteiger partial charge in [0.05, 0.1) is 13.2 Å². The first-order valence-electron chi connectivity index (χ1n) is 11.7. The maximum absolute atomic E-state index is 12.4. The van der Waals surface area contributed by atoms with Crippen molar-refractivity contribution >= 4 is 20.6 Å². The van der Waals surface area contributed by atoms with Crippen LogP contribution in [0.3, 0.4) is 0 Å². The second-order valence-corrected chi connectivity index (χ2v) is 13.9. The molecule has 3 aliphatic rings. The number of aryl methyl sites for hydroxylation is 1. The molecule has 1 aromatic carbocycles. The van der Waals surface area contributed by atoms with Crippen LogP contribution >= 0.6 is 0 Å². The Hall–Kier alpha value is -1.40. The predicted octanol–water partition coefficient (Wildman–Crippen LogP) is 2.93. The summed E-state index contributed by atoms with van der Waals surface area (Å²) >= 11 is 0. The molecular formula is C23H36N2O7S2. The Morgan fingerprint density at radius 3 is 2.21 bits per heavy atom. The molecule has 2 saturated carbocycles. The molecule has 0 heterocycles. The van der Waals surface area contributed by atoms with Crippen LogP contribution in [0.5, 0.6) is 11.5 Å². The lowest BCUT2D eigenvalue weighted by Gasteiger charge is -2.50. The van der Waals surface area contributed by atoms with Gasteiger partial charge in [0, 0.05) is 28.2 Å². The highest BCUT2D eigenvalue weighted by molar-refractivity contribution is 7.84. The van der Waals surface area contributed by atoms with Crippen molar-refractivity contribution in [3.63, 3.8) is 0 Å². The third kappa shape index (κ3) is 4.34. The first-order valence-corrected chi connectivity index (χ1v) is 14.5. The molecule has 0 radical (unpaired) electrons. The van der Waals surface area contributed by atoms with E-state index in [1.807, 2.05) is 12.1 Å². The first-order chi connectivity index (χ1) is 15.8. The number of ether oxygens (including phenoxy) is 1. The highest BCUT2D eigenvalue weighted by atomic mass is 32.2. The lowest BCUT2D eigenvalue weighted by molar-refractivity contribution is -0.0103. The molecule has 4 rings (SSSR count). The average molecular weight is 517 g/mol. The van der Waals surface area contributed by atoms with Crippen LogP contribution in [0.2, 0.25) is 0 Å². The normalized spacial score (nSPS) is 31.2. The molecule has 34 heavy (non-hydrogen) atoms. The Labute approximate surface area is 203 Å². The standard InChI is InChI=1S/C23H36N2O7S2/c1-23-12-11-16-17(19(23)9-10-22(23)32-34(28,29)25(4)5)8-7-15-13-21(20(30-6)14-18(15)16)31-33(26,27)24(2)3/h13-14,16-17,19,22H,7-12H2,1-6H3/t16-,17+,19-,22-,23-/m0/s1. The van der Waals surface area contributed by atoms with Gasteiger partial charge in [0.2, 0.25) is 0 Å². The molecule has 0 aliphatic heterocycles. The van der Waals surface area contributed by atoms with Crippen LogP contribution in [0.15, 0.2) is 12.1 Å². The molecule has 9 nitrogen and oxygen atoms in total. The Morgan fingerprint density at radius 2 is 1.59 bits per heavy atom. The minimum atomic E-state index is -3.89. The lowest BCUT2D eigenvalue weighted by atomic mass is 9.55. The molecule has 0 aromatic heterocycles. The van der Waals surface area contributed by atoms with Crippen molar-refractivity contribution in [3.8, 4) is 11.5 Å². The van der Waals surface area contributed by atoms with Crippen LogP contribution in [0.25, 0.3) is 0 Å². The van der Waals surface area contributed by atoms with Gasteiger partial charge in [-0.05, 0) is 85.0 Å². The Bertz CT molecular complexity index is 1150. The number of methoxy groups -OCH3 is 1. The molecule has 1 aromatic rings. The van der Waals surface area contributed by atoms with Crippen LogP contribution < -0.4 is 8.92 Å². The van der Waals surface area contributed by atoms with Gasteiger partial charge < -0.3 is 8.92 Å². The third-order valence-electron chi connectivity index (χ3n) is 8.25. The molecule has 0 spiro atoms. The maximum atomic E-state index is 12.4. The van der Waals surface area contributed by atoms with Crippen LogP contribution in [-0.2, 0) is 31.2 Å². The van der Waals surface area contributed by atoms with E-state index in [2.05, 4.69) is 6.92 Å². The van der Waals surface area contributed by atoms with E-state index in [4.69, 9.17) is 13.1 Å². The molecular weight excluding hydrogens is 480 g/mol. The van der Waals surface area contributed by atoms with Gasteiger partial charge >= 0.3 is 20.6 Å². The smallest absolute Gasteiger partial charge is 0.384 e. The fraction of sp³-hybridized carbons (Fsp3) is 0.739. The number of rotatable bonds is 7. The summed E-state index contributed by atoms with van der Waals surface area (Å²) in [5.74, 6) is 1.72. The molecule has 0 saturated heterocycles. The minimum Gasteiger partial charge on any atom is -0.493 e. The van der Waals surface area contributed by atoms with Gasteiger partial charge in [-0.2, -0.15) is 25.4 Å². The van der Waals surface area contributed by atoms with Crippen molar-refractivity contribution in [3.05, 3.63) is 23.3 Å². The molecule has 5 atom stereocenters.